The molecule has 2 aliphatic carbocycles. The Kier molecular flexibility index (Phi) is 4.06. The van der Waals surface area contributed by atoms with E-state index in [1.807, 2.05) is 6.07 Å². The molecule has 1 heterocycles. The molecule has 24 heavy (non-hydrogen) atoms. The van der Waals surface area contributed by atoms with Crippen molar-refractivity contribution >= 4 is 17.2 Å². The van der Waals surface area contributed by atoms with Crippen LogP contribution in [0.1, 0.15) is 61.5 Å². The minimum atomic E-state index is -2.00. The summed E-state index contributed by atoms with van der Waals surface area (Å²) >= 11 is -2.00. The van der Waals surface area contributed by atoms with Crippen molar-refractivity contribution in [1.82, 2.24) is 4.90 Å². The molecule has 0 spiro atoms. The molecule has 3 aliphatic rings. The Labute approximate surface area is 145 Å². The fraction of sp³-hybridized carbons (Fsp3) is 0.579. The highest BCUT2D eigenvalue weighted by atomic mass is 32.2. The van der Waals surface area contributed by atoms with E-state index in [0.29, 0.717) is 23.2 Å². The van der Waals surface area contributed by atoms with Gasteiger partial charge in [-0.25, -0.2) is 4.21 Å². The van der Waals surface area contributed by atoms with Gasteiger partial charge in [0.2, 0.25) is 0 Å². The minimum absolute atomic E-state index is 0.438. The molecule has 1 aromatic rings. The van der Waals surface area contributed by atoms with Gasteiger partial charge in [-0.05, 0) is 66.4 Å². The van der Waals surface area contributed by atoms with Gasteiger partial charge in [0.1, 0.15) is 0 Å². The van der Waals surface area contributed by atoms with Gasteiger partial charge in [0, 0.05) is 24.4 Å². The lowest BCUT2D eigenvalue weighted by Gasteiger charge is -2.35. The van der Waals surface area contributed by atoms with Gasteiger partial charge < -0.3 is 14.6 Å². The molecular formula is C19H25NO3S. The molecule has 4 nitrogen and oxygen atoms in total. The van der Waals surface area contributed by atoms with Crippen LogP contribution >= 0.6 is 0 Å². The minimum Gasteiger partial charge on any atom is -0.388 e. The molecule has 1 saturated carbocycles. The van der Waals surface area contributed by atoms with Crippen molar-refractivity contribution in [3.63, 3.8) is 0 Å². The van der Waals surface area contributed by atoms with E-state index in [1.54, 1.807) is 0 Å². The molecule has 2 unspecified atom stereocenters. The predicted octanol–water partition coefficient (Wildman–Crippen LogP) is 3.47. The van der Waals surface area contributed by atoms with E-state index in [-0.39, 0.29) is 0 Å². The highest BCUT2D eigenvalue weighted by molar-refractivity contribution is 7.79. The highest BCUT2D eigenvalue weighted by Gasteiger charge is 2.36. The molecule has 0 amide bonds. The molecule has 130 valence electrons. The van der Waals surface area contributed by atoms with Gasteiger partial charge in [-0.15, -0.1) is 0 Å². The van der Waals surface area contributed by atoms with E-state index in [4.69, 9.17) is 0 Å². The summed E-state index contributed by atoms with van der Waals surface area (Å²) in [5, 5.41) is 10.4. The van der Waals surface area contributed by atoms with Crippen molar-refractivity contribution in [1.29, 1.82) is 0 Å². The van der Waals surface area contributed by atoms with Crippen molar-refractivity contribution in [2.45, 2.75) is 57.1 Å². The summed E-state index contributed by atoms with van der Waals surface area (Å²) in [4.78, 5) is 2.94. The summed E-state index contributed by atoms with van der Waals surface area (Å²) in [6.07, 6.45) is 5.62. The normalized spacial score (nSPS) is 24.0. The molecular weight excluding hydrogens is 322 g/mol. The molecule has 1 aliphatic heterocycles. The van der Waals surface area contributed by atoms with Crippen molar-refractivity contribution in [2.75, 3.05) is 6.54 Å². The lowest BCUT2D eigenvalue weighted by molar-refractivity contribution is 0.177. The Balaban J connectivity index is 1.88. The van der Waals surface area contributed by atoms with E-state index in [1.165, 1.54) is 18.5 Å². The predicted molar refractivity (Wildman–Crippen MR) is 94.7 cm³/mol. The number of benzene rings is 1. The molecule has 0 radical (unpaired) electrons. The monoisotopic (exact) mass is 347 g/mol. The lowest BCUT2D eigenvalue weighted by atomic mass is 9.91. The SMILES string of the molecule is CC(C)CN1Cc2c(c(S(=O)O)cc3c2C(O)CC3)C=C1C1CC1. The number of hydrogen-bond acceptors (Lipinski definition) is 3. The summed E-state index contributed by atoms with van der Waals surface area (Å²) in [7, 11) is 0. The van der Waals surface area contributed by atoms with E-state index in [2.05, 4.69) is 24.8 Å². The summed E-state index contributed by atoms with van der Waals surface area (Å²) in [5.74, 6) is 1.15. The summed E-state index contributed by atoms with van der Waals surface area (Å²) < 4.78 is 21.7. The van der Waals surface area contributed by atoms with Gasteiger partial charge in [-0.1, -0.05) is 13.8 Å². The van der Waals surface area contributed by atoms with Crippen LogP contribution in [-0.2, 0) is 24.0 Å². The van der Waals surface area contributed by atoms with Crippen LogP contribution in [0.5, 0.6) is 0 Å². The summed E-state index contributed by atoms with van der Waals surface area (Å²) in [5.41, 5.74) is 5.33. The third-order valence-corrected chi connectivity index (χ3v) is 6.08. The number of rotatable bonds is 4. The zero-order chi connectivity index (χ0) is 17.0. The first-order chi connectivity index (χ1) is 11.5. The number of nitrogens with zero attached hydrogens (tertiary/aromatic N) is 1. The second kappa shape index (κ2) is 5.97. The molecule has 2 atom stereocenters. The van der Waals surface area contributed by atoms with Gasteiger partial charge in [0.15, 0.2) is 11.1 Å². The van der Waals surface area contributed by atoms with Crippen LogP contribution in [0.4, 0.5) is 0 Å². The van der Waals surface area contributed by atoms with Crippen LogP contribution < -0.4 is 0 Å². The standard InChI is InChI=1S/C19H25NO3S/c1-11(2)9-20-10-15-14(8-16(20)12-3-4-12)18(24(22)23)7-13-5-6-17(21)19(13)15/h7-8,11-12,17,21H,3-6,9-10H2,1-2H3,(H,22,23). The number of aliphatic hydroxyl groups is 1. The van der Waals surface area contributed by atoms with Gasteiger partial charge in [-0.3, -0.25) is 0 Å². The van der Waals surface area contributed by atoms with E-state index >= 15 is 0 Å². The maximum Gasteiger partial charge on any atom is 0.187 e. The molecule has 4 rings (SSSR count). The van der Waals surface area contributed by atoms with Crippen LogP contribution in [0.3, 0.4) is 0 Å². The van der Waals surface area contributed by atoms with Crippen LogP contribution in [0.25, 0.3) is 6.08 Å². The molecule has 0 aromatic heterocycles. The largest absolute Gasteiger partial charge is 0.388 e. The van der Waals surface area contributed by atoms with E-state index in [9.17, 15) is 13.9 Å². The molecule has 1 aromatic carbocycles. The van der Waals surface area contributed by atoms with E-state index < -0.39 is 17.2 Å². The van der Waals surface area contributed by atoms with Crippen molar-refractivity contribution in [3.8, 4) is 0 Å². The zero-order valence-electron chi connectivity index (χ0n) is 14.3. The fourth-order valence-electron chi connectivity index (χ4n) is 4.22. The second-order valence-electron chi connectivity index (χ2n) is 7.76. The van der Waals surface area contributed by atoms with Gasteiger partial charge in [0.25, 0.3) is 0 Å². The quantitative estimate of drug-likeness (QED) is 0.819. The lowest BCUT2D eigenvalue weighted by Crippen LogP contribution is -2.31. The van der Waals surface area contributed by atoms with Gasteiger partial charge in [-0.2, -0.15) is 0 Å². The van der Waals surface area contributed by atoms with Crippen LogP contribution in [-0.4, -0.2) is 25.3 Å². The van der Waals surface area contributed by atoms with Crippen LogP contribution in [0.15, 0.2) is 16.7 Å². The average molecular weight is 347 g/mol. The van der Waals surface area contributed by atoms with Crippen molar-refractivity contribution in [2.24, 2.45) is 11.8 Å². The van der Waals surface area contributed by atoms with Crippen LogP contribution in [0, 0.1) is 11.8 Å². The third kappa shape index (κ3) is 2.72. The first-order valence-corrected chi connectivity index (χ1v) is 10.0. The number of hydrogen-bond donors (Lipinski definition) is 2. The molecule has 1 fully saturated rings. The first kappa shape index (κ1) is 16.3. The van der Waals surface area contributed by atoms with Crippen molar-refractivity contribution < 1.29 is 13.9 Å². The highest BCUT2D eigenvalue weighted by Crippen LogP contribution is 2.46. The molecule has 2 N–H and O–H groups in total. The molecule has 0 bridgehead atoms. The van der Waals surface area contributed by atoms with Crippen LogP contribution in [0.2, 0.25) is 0 Å². The third-order valence-electron chi connectivity index (χ3n) is 5.36. The maximum atomic E-state index is 11.9. The van der Waals surface area contributed by atoms with E-state index in [0.717, 1.165) is 41.8 Å². The number of allylic oxidation sites excluding steroid dienone is 1. The number of fused-ring (bicyclic) bond motifs is 3. The average Bonchev–Trinajstić information content (AvgIpc) is 3.28. The van der Waals surface area contributed by atoms with Crippen molar-refractivity contribution in [3.05, 3.63) is 34.0 Å². The topological polar surface area (TPSA) is 60.8 Å². The van der Waals surface area contributed by atoms with Gasteiger partial charge >= 0.3 is 0 Å². The first-order valence-electron chi connectivity index (χ1n) is 8.89. The Morgan fingerprint density at radius 1 is 1.33 bits per heavy atom. The zero-order valence-corrected chi connectivity index (χ0v) is 15.1. The summed E-state index contributed by atoms with van der Waals surface area (Å²) in [6.45, 7) is 6.18. The second-order valence-corrected chi connectivity index (χ2v) is 8.70. The Hall–Kier alpha value is -1.17. The summed E-state index contributed by atoms with van der Waals surface area (Å²) in [6, 6.07) is 1.85. The maximum absolute atomic E-state index is 11.9. The Bertz CT molecular complexity index is 737. The number of aliphatic hydroxyl groups excluding tert-OH is 1. The molecule has 0 saturated heterocycles. The number of aryl methyl sites for hydroxylation is 1. The Morgan fingerprint density at radius 2 is 2.08 bits per heavy atom. The fourth-order valence-corrected chi connectivity index (χ4v) is 4.83. The Morgan fingerprint density at radius 3 is 2.71 bits per heavy atom. The van der Waals surface area contributed by atoms with Gasteiger partial charge in [0.05, 0.1) is 11.0 Å². The molecule has 5 heteroatoms. The smallest absolute Gasteiger partial charge is 0.187 e.